The van der Waals surface area contributed by atoms with Crippen LogP contribution in [-0.4, -0.2) is 15.8 Å². The van der Waals surface area contributed by atoms with Crippen LogP contribution >= 0.6 is 0 Å². The summed E-state index contributed by atoms with van der Waals surface area (Å²) >= 11 is 0. The number of hydrogen-bond donors (Lipinski definition) is 0. The molecule has 72 valence electrons. The normalized spacial score (nSPS) is 9.53. The van der Waals surface area contributed by atoms with Crippen molar-refractivity contribution in [1.82, 2.24) is 9.55 Å². The summed E-state index contributed by atoms with van der Waals surface area (Å²) in [7, 11) is 0. The van der Waals surface area contributed by atoms with Crippen molar-refractivity contribution in [3.63, 3.8) is 0 Å². The van der Waals surface area contributed by atoms with E-state index in [9.17, 15) is 4.79 Å². The number of aldehydes is 1. The van der Waals surface area contributed by atoms with E-state index in [1.54, 1.807) is 35.3 Å². The van der Waals surface area contributed by atoms with Crippen molar-refractivity contribution in [3.8, 4) is 11.8 Å². The zero-order valence-corrected chi connectivity index (χ0v) is 7.79. The molecule has 0 saturated heterocycles. The predicted octanol–water partition coefficient (Wildman–Crippen LogP) is 1.56. The fraction of sp³-hybridized carbons (Fsp3) is 0. The van der Waals surface area contributed by atoms with E-state index in [0.29, 0.717) is 17.5 Å². The Kier molecular flexibility index (Phi) is 2.30. The topological polar surface area (TPSA) is 58.7 Å². The molecule has 0 fully saturated rings. The van der Waals surface area contributed by atoms with Crippen LogP contribution in [0.5, 0.6) is 0 Å². The molecule has 0 N–H and O–H groups in total. The molecule has 2 aromatic rings. The molecule has 4 heteroatoms. The Morgan fingerprint density at radius 1 is 1.53 bits per heavy atom. The van der Waals surface area contributed by atoms with Gasteiger partial charge in [-0.2, -0.15) is 5.26 Å². The maximum absolute atomic E-state index is 10.6. The van der Waals surface area contributed by atoms with Crippen molar-refractivity contribution in [1.29, 1.82) is 5.26 Å². The SMILES string of the molecule is N#Cc1cc(C=O)cn1-c1cccnc1. The summed E-state index contributed by atoms with van der Waals surface area (Å²) in [4.78, 5) is 14.5. The minimum Gasteiger partial charge on any atom is -0.306 e. The monoisotopic (exact) mass is 197 g/mol. The summed E-state index contributed by atoms with van der Waals surface area (Å²) in [5.74, 6) is 0. The second-order valence-corrected chi connectivity index (χ2v) is 2.97. The molecule has 0 radical (unpaired) electrons. The second kappa shape index (κ2) is 3.76. The van der Waals surface area contributed by atoms with Crippen LogP contribution in [0.15, 0.2) is 36.8 Å². The molecule has 15 heavy (non-hydrogen) atoms. The molecule has 0 atom stereocenters. The molecular formula is C11H7N3O. The van der Waals surface area contributed by atoms with E-state index < -0.39 is 0 Å². The van der Waals surface area contributed by atoms with E-state index >= 15 is 0 Å². The lowest BCUT2D eigenvalue weighted by Gasteiger charge is -2.02. The fourth-order valence-corrected chi connectivity index (χ4v) is 1.34. The van der Waals surface area contributed by atoms with Crippen molar-refractivity contribution < 1.29 is 4.79 Å². The van der Waals surface area contributed by atoms with Crippen molar-refractivity contribution in [2.45, 2.75) is 0 Å². The Bertz CT molecular complexity index is 523. The van der Waals surface area contributed by atoms with Gasteiger partial charge in [-0.15, -0.1) is 0 Å². The first kappa shape index (κ1) is 9.16. The van der Waals surface area contributed by atoms with Crippen LogP contribution in [-0.2, 0) is 0 Å². The lowest BCUT2D eigenvalue weighted by molar-refractivity contribution is 0.112. The number of rotatable bonds is 2. The number of nitriles is 1. The van der Waals surface area contributed by atoms with E-state index in [-0.39, 0.29) is 0 Å². The van der Waals surface area contributed by atoms with E-state index in [1.165, 1.54) is 0 Å². The summed E-state index contributed by atoms with van der Waals surface area (Å²) in [5.41, 5.74) is 1.67. The molecular weight excluding hydrogens is 190 g/mol. The summed E-state index contributed by atoms with van der Waals surface area (Å²) in [6.07, 6.45) is 5.62. The van der Waals surface area contributed by atoms with Crippen molar-refractivity contribution in [3.05, 3.63) is 48.0 Å². The molecule has 0 amide bonds. The van der Waals surface area contributed by atoms with Gasteiger partial charge >= 0.3 is 0 Å². The summed E-state index contributed by atoms with van der Waals surface area (Å²) in [6.45, 7) is 0. The van der Waals surface area contributed by atoms with Gasteiger partial charge in [-0.3, -0.25) is 9.78 Å². The smallest absolute Gasteiger partial charge is 0.151 e. The van der Waals surface area contributed by atoms with Gasteiger partial charge < -0.3 is 4.57 Å². The van der Waals surface area contributed by atoms with Crippen molar-refractivity contribution in [2.75, 3.05) is 0 Å². The Morgan fingerprint density at radius 2 is 2.40 bits per heavy atom. The zero-order valence-electron chi connectivity index (χ0n) is 7.79. The Labute approximate surface area is 86.4 Å². The molecule has 0 aliphatic carbocycles. The number of hydrogen-bond acceptors (Lipinski definition) is 3. The number of carbonyl (C=O) groups excluding carboxylic acids is 1. The number of aromatic nitrogens is 2. The van der Waals surface area contributed by atoms with E-state index in [0.717, 1.165) is 5.69 Å². The molecule has 2 aromatic heterocycles. The third kappa shape index (κ3) is 1.63. The molecule has 0 aromatic carbocycles. The van der Waals surface area contributed by atoms with Gasteiger partial charge in [0.25, 0.3) is 0 Å². The van der Waals surface area contributed by atoms with Gasteiger partial charge in [-0.1, -0.05) is 0 Å². The highest BCUT2D eigenvalue weighted by atomic mass is 16.1. The standard InChI is InChI=1S/C11H7N3O/c12-5-11-4-9(8-15)7-14(11)10-2-1-3-13-6-10/h1-4,6-8H. The van der Waals surface area contributed by atoms with Gasteiger partial charge in [0.15, 0.2) is 6.29 Å². The van der Waals surface area contributed by atoms with Crippen LogP contribution < -0.4 is 0 Å². The highest BCUT2D eigenvalue weighted by molar-refractivity contribution is 5.75. The van der Waals surface area contributed by atoms with Crippen LogP contribution in [0, 0.1) is 11.3 Å². The maximum atomic E-state index is 10.6. The minimum absolute atomic E-state index is 0.421. The number of pyridine rings is 1. The summed E-state index contributed by atoms with van der Waals surface area (Å²) in [5, 5.41) is 8.88. The minimum atomic E-state index is 0.421. The van der Waals surface area contributed by atoms with Crippen molar-refractivity contribution in [2.24, 2.45) is 0 Å². The number of nitrogens with zero attached hydrogens (tertiary/aromatic N) is 3. The van der Waals surface area contributed by atoms with Crippen LogP contribution in [0.4, 0.5) is 0 Å². The van der Waals surface area contributed by atoms with Crippen LogP contribution in [0.25, 0.3) is 5.69 Å². The van der Waals surface area contributed by atoms with Crippen LogP contribution in [0.2, 0.25) is 0 Å². The molecule has 4 nitrogen and oxygen atoms in total. The summed E-state index contributed by atoms with van der Waals surface area (Å²) < 4.78 is 1.64. The van der Waals surface area contributed by atoms with E-state index in [2.05, 4.69) is 4.98 Å². The summed E-state index contributed by atoms with van der Waals surface area (Å²) in [6, 6.07) is 7.16. The lowest BCUT2D eigenvalue weighted by Crippen LogP contribution is -1.95. The van der Waals surface area contributed by atoms with E-state index in [4.69, 9.17) is 5.26 Å². The van der Waals surface area contributed by atoms with Gasteiger partial charge in [0.2, 0.25) is 0 Å². The maximum Gasteiger partial charge on any atom is 0.151 e. The van der Waals surface area contributed by atoms with Gasteiger partial charge in [0.05, 0.1) is 11.9 Å². The first-order valence-electron chi connectivity index (χ1n) is 4.33. The first-order chi connectivity index (χ1) is 7.35. The molecule has 0 aliphatic rings. The van der Waals surface area contributed by atoms with Crippen LogP contribution in [0.1, 0.15) is 16.1 Å². The van der Waals surface area contributed by atoms with Crippen molar-refractivity contribution >= 4 is 6.29 Å². The van der Waals surface area contributed by atoms with E-state index in [1.807, 2.05) is 12.1 Å². The largest absolute Gasteiger partial charge is 0.306 e. The quantitative estimate of drug-likeness (QED) is 0.686. The molecule has 2 rings (SSSR count). The van der Waals surface area contributed by atoms with Gasteiger partial charge in [0, 0.05) is 18.0 Å². The van der Waals surface area contributed by atoms with Gasteiger partial charge in [-0.05, 0) is 18.2 Å². The van der Waals surface area contributed by atoms with Gasteiger partial charge in [-0.25, -0.2) is 0 Å². The third-order valence-corrected chi connectivity index (χ3v) is 2.02. The fourth-order valence-electron chi connectivity index (χ4n) is 1.34. The predicted molar refractivity (Wildman–Crippen MR) is 53.7 cm³/mol. The first-order valence-corrected chi connectivity index (χ1v) is 4.33. The Balaban J connectivity index is 2.58. The third-order valence-electron chi connectivity index (χ3n) is 2.02. The number of carbonyl (C=O) groups is 1. The molecule has 2 heterocycles. The zero-order chi connectivity index (χ0) is 10.7. The average Bonchev–Trinajstić information content (AvgIpc) is 2.73. The highest BCUT2D eigenvalue weighted by Gasteiger charge is 2.05. The molecule has 0 aliphatic heterocycles. The molecule has 0 saturated carbocycles. The second-order valence-electron chi connectivity index (χ2n) is 2.97. The molecule has 0 unspecified atom stereocenters. The highest BCUT2D eigenvalue weighted by Crippen LogP contribution is 2.12. The molecule has 0 spiro atoms. The van der Waals surface area contributed by atoms with Gasteiger partial charge in [0.1, 0.15) is 11.8 Å². The lowest BCUT2D eigenvalue weighted by atomic mass is 10.3. The Morgan fingerprint density at radius 3 is 3.00 bits per heavy atom. The average molecular weight is 197 g/mol. The Hall–Kier alpha value is -2.41. The van der Waals surface area contributed by atoms with Crippen LogP contribution in [0.3, 0.4) is 0 Å². The molecule has 0 bridgehead atoms.